The van der Waals surface area contributed by atoms with Crippen LogP contribution in [0.15, 0.2) is 65.6 Å². The molecule has 2 aromatic heterocycles. The molecule has 0 saturated heterocycles. The summed E-state index contributed by atoms with van der Waals surface area (Å²) in [5.41, 5.74) is 2.48. The molecular formula is C17H11ClN4O. The lowest BCUT2D eigenvalue weighted by Crippen LogP contribution is -2.09. The highest BCUT2D eigenvalue weighted by Gasteiger charge is 2.13. The van der Waals surface area contributed by atoms with Gasteiger partial charge in [0, 0.05) is 16.8 Å². The van der Waals surface area contributed by atoms with Gasteiger partial charge >= 0.3 is 0 Å². The first-order valence-electron chi connectivity index (χ1n) is 7.02. The van der Waals surface area contributed by atoms with E-state index in [0.29, 0.717) is 21.6 Å². The van der Waals surface area contributed by atoms with Crippen molar-refractivity contribution in [1.29, 1.82) is 0 Å². The molecule has 0 aliphatic heterocycles. The smallest absolute Gasteiger partial charge is 0.265 e. The molecular weight excluding hydrogens is 312 g/mol. The van der Waals surface area contributed by atoms with Gasteiger partial charge in [-0.1, -0.05) is 41.9 Å². The van der Waals surface area contributed by atoms with Gasteiger partial charge in [0.05, 0.1) is 11.1 Å². The number of aromatic amines is 1. The van der Waals surface area contributed by atoms with E-state index in [0.717, 1.165) is 11.3 Å². The zero-order valence-corrected chi connectivity index (χ0v) is 12.7. The summed E-state index contributed by atoms with van der Waals surface area (Å²) in [6.45, 7) is 0. The summed E-state index contributed by atoms with van der Waals surface area (Å²) in [6, 6.07) is 16.9. The van der Waals surface area contributed by atoms with Crippen molar-refractivity contribution in [1.82, 2.24) is 20.0 Å². The number of fused-ring (bicyclic) bond motifs is 1. The third-order valence-electron chi connectivity index (χ3n) is 3.59. The average molecular weight is 323 g/mol. The normalized spacial score (nSPS) is 11.0. The molecule has 0 saturated carbocycles. The van der Waals surface area contributed by atoms with Gasteiger partial charge in [0.1, 0.15) is 5.69 Å². The maximum absolute atomic E-state index is 12.0. The molecule has 0 aliphatic carbocycles. The molecule has 23 heavy (non-hydrogen) atoms. The van der Waals surface area contributed by atoms with E-state index in [1.165, 1.54) is 0 Å². The molecule has 4 rings (SSSR count). The predicted molar refractivity (Wildman–Crippen MR) is 89.9 cm³/mol. The zero-order valence-electron chi connectivity index (χ0n) is 11.9. The van der Waals surface area contributed by atoms with Crippen molar-refractivity contribution in [2.24, 2.45) is 0 Å². The van der Waals surface area contributed by atoms with E-state index in [1.807, 2.05) is 48.7 Å². The van der Waals surface area contributed by atoms with Crippen LogP contribution in [0.5, 0.6) is 0 Å². The monoisotopic (exact) mass is 322 g/mol. The number of hydrogen-bond acceptors (Lipinski definition) is 3. The summed E-state index contributed by atoms with van der Waals surface area (Å²) < 4.78 is 1.66. The Labute approximate surface area is 136 Å². The SMILES string of the molecule is O=c1[nH]nc(-c2ccccc2)c2cn(-c3ccc(Cl)cc3)nc12. The molecule has 0 bridgehead atoms. The van der Waals surface area contributed by atoms with Gasteiger partial charge in [0.2, 0.25) is 0 Å². The Morgan fingerprint density at radius 3 is 2.48 bits per heavy atom. The number of hydrogen-bond donors (Lipinski definition) is 1. The fourth-order valence-corrected chi connectivity index (χ4v) is 2.60. The van der Waals surface area contributed by atoms with Gasteiger partial charge in [-0.2, -0.15) is 10.2 Å². The zero-order chi connectivity index (χ0) is 15.8. The number of H-pyrrole nitrogens is 1. The highest BCUT2D eigenvalue weighted by Crippen LogP contribution is 2.24. The molecule has 5 nitrogen and oxygen atoms in total. The van der Waals surface area contributed by atoms with Crippen LogP contribution in [-0.2, 0) is 0 Å². The average Bonchev–Trinajstić information content (AvgIpc) is 3.03. The van der Waals surface area contributed by atoms with Gasteiger partial charge in [0.15, 0.2) is 5.52 Å². The fourth-order valence-electron chi connectivity index (χ4n) is 2.48. The number of rotatable bonds is 2. The Hall–Kier alpha value is -2.92. The van der Waals surface area contributed by atoms with Crippen molar-refractivity contribution in [2.45, 2.75) is 0 Å². The molecule has 2 heterocycles. The molecule has 0 atom stereocenters. The first-order valence-corrected chi connectivity index (χ1v) is 7.39. The molecule has 6 heteroatoms. The Morgan fingerprint density at radius 2 is 1.74 bits per heavy atom. The van der Waals surface area contributed by atoms with Gasteiger partial charge in [-0.05, 0) is 24.3 Å². The second kappa shape index (κ2) is 5.37. The van der Waals surface area contributed by atoms with Crippen molar-refractivity contribution in [3.63, 3.8) is 0 Å². The molecule has 2 aromatic carbocycles. The molecule has 4 aromatic rings. The van der Waals surface area contributed by atoms with Crippen LogP contribution in [0.4, 0.5) is 0 Å². The van der Waals surface area contributed by atoms with Crippen LogP contribution in [0.1, 0.15) is 0 Å². The van der Waals surface area contributed by atoms with Gasteiger partial charge in [-0.25, -0.2) is 9.78 Å². The second-order valence-corrected chi connectivity index (χ2v) is 5.52. The number of nitrogens with zero attached hydrogens (tertiary/aromatic N) is 3. The van der Waals surface area contributed by atoms with Crippen LogP contribution >= 0.6 is 11.6 Å². The van der Waals surface area contributed by atoms with Gasteiger partial charge in [-0.15, -0.1) is 0 Å². The van der Waals surface area contributed by atoms with Crippen molar-refractivity contribution < 1.29 is 0 Å². The van der Waals surface area contributed by atoms with Crippen LogP contribution in [0, 0.1) is 0 Å². The van der Waals surface area contributed by atoms with Crippen LogP contribution in [-0.4, -0.2) is 20.0 Å². The maximum atomic E-state index is 12.0. The Balaban J connectivity index is 1.96. The molecule has 0 unspecified atom stereocenters. The van der Waals surface area contributed by atoms with Crippen molar-refractivity contribution in [3.05, 3.63) is 76.2 Å². The number of aromatic nitrogens is 4. The summed E-state index contributed by atoms with van der Waals surface area (Å²) in [4.78, 5) is 12.0. The standard InChI is InChI=1S/C17H11ClN4O/c18-12-6-8-13(9-7-12)22-10-14-15(11-4-2-1-3-5-11)19-20-17(23)16(14)21-22/h1-10H,(H,20,23). The minimum Gasteiger partial charge on any atom is -0.265 e. The first-order chi connectivity index (χ1) is 11.2. The summed E-state index contributed by atoms with van der Waals surface area (Å²) in [5.74, 6) is 0. The van der Waals surface area contributed by atoms with Crippen LogP contribution in [0.3, 0.4) is 0 Å². The van der Waals surface area contributed by atoms with E-state index < -0.39 is 0 Å². The van der Waals surface area contributed by atoms with E-state index in [1.54, 1.807) is 16.8 Å². The lowest BCUT2D eigenvalue weighted by Gasteiger charge is -2.00. The maximum Gasteiger partial charge on any atom is 0.292 e. The quantitative estimate of drug-likeness (QED) is 0.615. The van der Waals surface area contributed by atoms with Crippen molar-refractivity contribution >= 4 is 22.5 Å². The highest BCUT2D eigenvalue weighted by molar-refractivity contribution is 6.30. The third-order valence-corrected chi connectivity index (χ3v) is 3.84. The van der Waals surface area contributed by atoms with Gasteiger partial charge in [0.25, 0.3) is 5.56 Å². The third kappa shape index (κ3) is 2.41. The Kier molecular flexibility index (Phi) is 3.20. The van der Waals surface area contributed by atoms with E-state index in [2.05, 4.69) is 15.3 Å². The predicted octanol–water partition coefficient (Wildman–Crippen LogP) is 3.43. The minimum absolute atomic E-state index is 0.313. The summed E-state index contributed by atoms with van der Waals surface area (Å²) >= 11 is 5.91. The molecule has 0 amide bonds. The summed E-state index contributed by atoms with van der Waals surface area (Å²) in [7, 11) is 0. The molecule has 1 N–H and O–H groups in total. The van der Waals surface area contributed by atoms with Gasteiger partial charge < -0.3 is 0 Å². The fraction of sp³-hybridized carbons (Fsp3) is 0. The Bertz CT molecular complexity index is 1040. The number of halogens is 1. The summed E-state index contributed by atoms with van der Waals surface area (Å²) in [6.07, 6.45) is 1.81. The largest absolute Gasteiger partial charge is 0.292 e. The van der Waals surface area contributed by atoms with Crippen LogP contribution in [0.2, 0.25) is 5.02 Å². The summed E-state index contributed by atoms with van der Waals surface area (Å²) in [5, 5.41) is 12.4. The number of nitrogens with one attached hydrogen (secondary N) is 1. The van der Waals surface area contributed by atoms with Crippen LogP contribution in [0.25, 0.3) is 27.8 Å². The Morgan fingerprint density at radius 1 is 1.00 bits per heavy atom. The lowest BCUT2D eigenvalue weighted by atomic mass is 10.1. The van der Waals surface area contributed by atoms with E-state index >= 15 is 0 Å². The van der Waals surface area contributed by atoms with Gasteiger partial charge in [-0.3, -0.25) is 4.79 Å². The molecule has 0 spiro atoms. The van der Waals surface area contributed by atoms with E-state index in [-0.39, 0.29) is 5.56 Å². The van der Waals surface area contributed by atoms with Crippen LogP contribution < -0.4 is 5.56 Å². The molecule has 112 valence electrons. The lowest BCUT2D eigenvalue weighted by molar-refractivity contribution is 0.891. The molecule has 0 aliphatic rings. The first kappa shape index (κ1) is 13.7. The minimum atomic E-state index is -0.313. The molecule has 0 radical (unpaired) electrons. The number of benzene rings is 2. The second-order valence-electron chi connectivity index (χ2n) is 5.08. The molecule has 0 fully saturated rings. The van der Waals surface area contributed by atoms with E-state index in [4.69, 9.17) is 11.6 Å². The highest BCUT2D eigenvalue weighted by atomic mass is 35.5. The topological polar surface area (TPSA) is 63.6 Å². The van der Waals surface area contributed by atoms with Crippen molar-refractivity contribution in [3.8, 4) is 16.9 Å². The van der Waals surface area contributed by atoms with E-state index in [9.17, 15) is 4.79 Å². The van der Waals surface area contributed by atoms with Crippen molar-refractivity contribution in [2.75, 3.05) is 0 Å².